The molecule has 1 unspecified atom stereocenters. The molecule has 0 aliphatic heterocycles. The lowest BCUT2D eigenvalue weighted by Gasteiger charge is -2.14. The number of halogens is 3. The maximum atomic E-state index is 6.57. The van der Waals surface area contributed by atoms with Gasteiger partial charge in [0.25, 0.3) is 0 Å². The van der Waals surface area contributed by atoms with Gasteiger partial charge in [-0.2, -0.15) is 0 Å². The molecule has 0 amide bonds. The molecule has 1 aliphatic rings. The minimum Gasteiger partial charge on any atom is -0.113 e. The first kappa shape index (κ1) is 13.3. The number of benzene rings is 2. The molecule has 0 nitrogen and oxygen atoms in total. The van der Waals surface area contributed by atoms with Crippen LogP contribution in [0.5, 0.6) is 0 Å². The average Bonchev–Trinajstić information content (AvgIpc) is 2.88. The molecule has 0 radical (unpaired) electrons. The van der Waals surface area contributed by atoms with E-state index in [0.29, 0.717) is 10.0 Å². The van der Waals surface area contributed by atoms with Crippen molar-refractivity contribution in [1.29, 1.82) is 0 Å². The van der Waals surface area contributed by atoms with E-state index < -0.39 is 0 Å². The van der Waals surface area contributed by atoms with Gasteiger partial charge in [0.05, 0.1) is 15.4 Å². The summed E-state index contributed by atoms with van der Waals surface area (Å²) in [7, 11) is 0. The van der Waals surface area contributed by atoms with Gasteiger partial charge in [-0.25, -0.2) is 0 Å². The molecule has 3 heteroatoms. The van der Waals surface area contributed by atoms with Gasteiger partial charge in [-0.1, -0.05) is 53.5 Å². The summed E-state index contributed by atoms with van der Waals surface area (Å²) < 4.78 is 0. The highest BCUT2D eigenvalue weighted by Gasteiger charge is 2.18. The van der Waals surface area contributed by atoms with E-state index in [2.05, 4.69) is 18.2 Å². The van der Waals surface area contributed by atoms with Crippen LogP contribution in [0.2, 0.25) is 10.0 Å². The molecule has 1 aliphatic carbocycles. The Morgan fingerprint density at radius 1 is 0.947 bits per heavy atom. The summed E-state index contributed by atoms with van der Waals surface area (Å²) >= 11 is 18.9. The fourth-order valence-corrected chi connectivity index (χ4v) is 3.44. The first-order valence-electron chi connectivity index (χ1n) is 6.36. The van der Waals surface area contributed by atoms with Crippen molar-refractivity contribution in [3.05, 3.63) is 68.7 Å². The van der Waals surface area contributed by atoms with Crippen molar-refractivity contribution in [2.24, 2.45) is 0 Å². The van der Waals surface area contributed by atoms with Gasteiger partial charge in [0, 0.05) is 0 Å². The van der Waals surface area contributed by atoms with Crippen molar-refractivity contribution >= 4 is 34.8 Å². The maximum absolute atomic E-state index is 6.57. The molecular weight excluding hydrogens is 299 g/mol. The molecule has 2 aromatic rings. The van der Waals surface area contributed by atoms with Gasteiger partial charge < -0.3 is 0 Å². The van der Waals surface area contributed by atoms with Crippen LogP contribution in [0.25, 0.3) is 0 Å². The van der Waals surface area contributed by atoms with Crippen LogP contribution in [-0.4, -0.2) is 0 Å². The highest BCUT2D eigenvalue weighted by molar-refractivity contribution is 6.43. The van der Waals surface area contributed by atoms with E-state index in [1.165, 1.54) is 24.0 Å². The Kier molecular flexibility index (Phi) is 3.75. The van der Waals surface area contributed by atoms with Crippen molar-refractivity contribution in [2.45, 2.75) is 24.6 Å². The molecule has 0 heterocycles. The summed E-state index contributed by atoms with van der Waals surface area (Å²) in [6.07, 6.45) is 3.57. The monoisotopic (exact) mass is 310 g/mol. The zero-order valence-electron chi connectivity index (χ0n) is 10.3. The molecule has 0 fully saturated rings. The topological polar surface area (TPSA) is 0 Å². The van der Waals surface area contributed by atoms with E-state index in [1.54, 1.807) is 6.07 Å². The lowest BCUT2D eigenvalue weighted by atomic mass is 10.00. The van der Waals surface area contributed by atoms with Gasteiger partial charge in [-0.05, 0) is 47.6 Å². The molecule has 1 atom stereocenters. The first-order chi connectivity index (χ1) is 9.16. The van der Waals surface area contributed by atoms with E-state index in [-0.39, 0.29) is 5.38 Å². The Bertz CT molecular complexity index is 619. The van der Waals surface area contributed by atoms with E-state index >= 15 is 0 Å². The summed E-state index contributed by atoms with van der Waals surface area (Å²) in [5.41, 5.74) is 4.83. The molecule has 0 aromatic heterocycles. The van der Waals surface area contributed by atoms with Crippen molar-refractivity contribution in [2.75, 3.05) is 0 Å². The van der Waals surface area contributed by atoms with Crippen LogP contribution in [0, 0.1) is 0 Å². The summed E-state index contributed by atoms with van der Waals surface area (Å²) in [5, 5.41) is 0.841. The number of aryl methyl sites for hydroxylation is 2. The van der Waals surface area contributed by atoms with E-state index in [0.717, 1.165) is 17.5 Å². The Hall–Kier alpha value is -0.690. The predicted molar refractivity (Wildman–Crippen MR) is 82.6 cm³/mol. The molecule has 19 heavy (non-hydrogen) atoms. The third-order valence-electron chi connectivity index (χ3n) is 3.67. The Balaban J connectivity index is 2.00. The smallest absolute Gasteiger partial charge is 0.0850 e. The Morgan fingerprint density at radius 3 is 2.58 bits per heavy atom. The second-order valence-electron chi connectivity index (χ2n) is 4.89. The fourth-order valence-electron chi connectivity index (χ4n) is 2.65. The van der Waals surface area contributed by atoms with Crippen molar-refractivity contribution in [3.63, 3.8) is 0 Å². The van der Waals surface area contributed by atoms with Crippen LogP contribution in [0.1, 0.15) is 34.1 Å². The van der Waals surface area contributed by atoms with Gasteiger partial charge in [-0.15, -0.1) is 11.6 Å². The molecule has 2 aromatic carbocycles. The minimum absolute atomic E-state index is 0.253. The zero-order chi connectivity index (χ0) is 13.4. The van der Waals surface area contributed by atoms with E-state index in [9.17, 15) is 0 Å². The number of hydrogen-bond acceptors (Lipinski definition) is 0. The highest BCUT2D eigenvalue weighted by Crippen LogP contribution is 2.38. The molecular formula is C16H13Cl3. The zero-order valence-corrected chi connectivity index (χ0v) is 12.6. The van der Waals surface area contributed by atoms with Gasteiger partial charge in [0.15, 0.2) is 0 Å². The van der Waals surface area contributed by atoms with Crippen LogP contribution in [0.3, 0.4) is 0 Å². The third kappa shape index (κ3) is 2.50. The van der Waals surface area contributed by atoms with Crippen LogP contribution < -0.4 is 0 Å². The molecule has 0 bridgehead atoms. The van der Waals surface area contributed by atoms with Gasteiger partial charge in [-0.3, -0.25) is 0 Å². The summed E-state index contributed by atoms with van der Waals surface area (Å²) in [4.78, 5) is 0. The number of alkyl halides is 1. The second kappa shape index (κ2) is 5.36. The van der Waals surface area contributed by atoms with Gasteiger partial charge in [0.1, 0.15) is 0 Å². The molecule has 98 valence electrons. The molecule has 0 saturated heterocycles. The van der Waals surface area contributed by atoms with Crippen LogP contribution in [0.4, 0.5) is 0 Å². The number of hydrogen-bond donors (Lipinski definition) is 0. The average molecular weight is 312 g/mol. The molecule has 0 spiro atoms. The number of rotatable bonds is 2. The second-order valence-corrected chi connectivity index (χ2v) is 6.11. The van der Waals surface area contributed by atoms with Crippen molar-refractivity contribution in [3.8, 4) is 0 Å². The van der Waals surface area contributed by atoms with Crippen LogP contribution in [-0.2, 0) is 12.8 Å². The number of fused-ring (bicyclic) bond motifs is 1. The lowest BCUT2D eigenvalue weighted by molar-refractivity contribution is 0.911. The highest BCUT2D eigenvalue weighted by atomic mass is 35.5. The Labute approximate surface area is 128 Å². The first-order valence-corrected chi connectivity index (χ1v) is 7.56. The molecule has 3 rings (SSSR count). The Morgan fingerprint density at radius 2 is 1.74 bits per heavy atom. The minimum atomic E-state index is -0.253. The normalized spacial score (nSPS) is 15.3. The summed E-state index contributed by atoms with van der Waals surface area (Å²) in [5.74, 6) is 0. The van der Waals surface area contributed by atoms with E-state index in [1.807, 2.05) is 12.1 Å². The fraction of sp³-hybridized carbons (Fsp3) is 0.250. The maximum Gasteiger partial charge on any atom is 0.0850 e. The largest absolute Gasteiger partial charge is 0.113 e. The quantitative estimate of drug-likeness (QED) is 0.614. The van der Waals surface area contributed by atoms with Gasteiger partial charge in [0.2, 0.25) is 0 Å². The predicted octanol–water partition coefficient (Wildman–Crippen LogP) is 5.81. The van der Waals surface area contributed by atoms with E-state index in [4.69, 9.17) is 34.8 Å². The van der Waals surface area contributed by atoms with Gasteiger partial charge >= 0.3 is 0 Å². The van der Waals surface area contributed by atoms with Crippen molar-refractivity contribution in [1.82, 2.24) is 0 Å². The summed E-state index contributed by atoms with van der Waals surface area (Å²) in [6, 6.07) is 12.1. The standard InChI is InChI=1S/C16H13Cl3/c17-14-6-2-5-13(16(14)19)15(18)12-8-7-10-3-1-4-11(10)9-12/h2,5-9,15H,1,3-4H2. The van der Waals surface area contributed by atoms with Crippen LogP contribution >= 0.6 is 34.8 Å². The van der Waals surface area contributed by atoms with Crippen LogP contribution in [0.15, 0.2) is 36.4 Å². The molecule has 0 saturated carbocycles. The third-order valence-corrected chi connectivity index (χ3v) is 4.99. The van der Waals surface area contributed by atoms with Crippen molar-refractivity contribution < 1.29 is 0 Å². The summed E-state index contributed by atoms with van der Waals surface area (Å²) in [6.45, 7) is 0. The lowest BCUT2D eigenvalue weighted by Crippen LogP contribution is -1.96. The SMILES string of the molecule is Clc1cccc(C(Cl)c2ccc3c(c2)CCC3)c1Cl. The molecule has 0 N–H and O–H groups in total.